The van der Waals surface area contributed by atoms with Crippen molar-refractivity contribution in [2.45, 2.75) is 32.4 Å². The Morgan fingerprint density at radius 3 is 2.92 bits per heavy atom. The van der Waals surface area contributed by atoms with E-state index < -0.39 is 0 Å². The molecule has 26 heavy (non-hydrogen) atoms. The van der Waals surface area contributed by atoms with Crippen LogP contribution >= 0.6 is 0 Å². The van der Waals surface area contributed by atoms with Gasteiger partial charge in [-0.2, -0.15) is 10.2 Å². The second kappa shape index (κ2) is 6.24. The van der Waals surface area contributed by atoms with E-state index in [4.69, 9.17) is 0 Å². The highest BCUT2D eigenvalue weighted by Gasteiger charge is 2.29. The second-order valence-electron chi connectivity index (χ2n) is 6.46. The van der Waals surface area contributed by atoms with E-state index in [1.165, 1.54) is 0 Å². The predicted octanol–water partition coefficient (Wildman–Crippen LogP) is -0.374. The van der Waals surface area contributed by atoms with Gasteiger partial charge in [0.1, 0.15) is 5.82 Å². The molecular weight excluding hydrogens is 338 g/mol. The monoisotopic (exact) mass is 357 g/mol. The lowest BCUT2D eigenvalue weighted by Crippen LogP contribution is -2.40. The maximum absolute atomic E-state index is 12.5. The first-order valence-corrected chi connectivity index (χ1v) is 8.35. The van der Waals surface area contributed by atoms with E-state index in [2.05, 4.69) is 35.0 Å². The highest BCUT2D eigenvalue weighted by atomic mass is 16.2. The average Bonchev–Trinajstić information content (AvgIpc) is 3.32. The maximum Gasteiger partial charge on any atom is 0.340 e. The molecule has 0 saturated carbocycles. The summed E-state index contributed by atoms with van der Waals surface area (Å²) in [6.45, 7) is 3.03. The Bertz CT molecular complexity index is 995. The molecule has 0 aliphatic carbocycles. The van der Waals surface area contributed by atoms with Crippen molar-refractivity contribution in [3.63, 3.8) is 0 Å². The topological polar surface area (TPSA) is 130 Å². The molecule has 4 rings (SSSR count). The molecule has 0 saturated heterocycles. The number of nitrogens with zero attached hydrogens (tertiary/aromatic N) is 7. The number of amides is 1. The van der Waals surface area contributed by atoms with Crippen LogP contribution in [0.4, 0.5) is 0 Å². The number of H-pyrrole nitrogens is 2. The zero-order chi connectivity index (χ0) is 18.3. The van der Waals surface area contributed by atoms with Gasteiger partial charge in [0.15, 0.2) is 11.6 Å². The number of aromatic nitrogens is 8. The molecule has 3 aromatic rings. The van der Waals surface area contributed by atoms with Crippen LogP contribution in [0, 0.1) is 0 Å². The summed E-state index contributed by atoms with van der Waals surface area (Å²) in [5.41, 5.74) is 0.537. The summed E-state index contributed by atoms with van der Waals surface area (Å²) in [5.74, 6) is 2.00. The lowest BCUT2D eigenvalue weighted by molar-refractivity contribution is -0.133. The van der Waals surface area contributed by atoms with Crippen molar-refractivity contribution in [3.8, 4) is 11.4 Å². The van der Waals surface area contributed by atoms with Gasteiger partial charge in [-0.15, -0.1) is 10.2 Å². The van der Waals surface area contributed by atoms with Crippen LogP contribution in [0.1, 0.15) is 31.0 Å². The second-order valence-corrected chi connectivity index (χ2v) is 6.46. The van der Waals surface area contributed by atoms with E-state index >= 15 is 0 Å². The first-order valence-electron chi connectivity index (χ1n) is 8.35. The van der Waals surface area contributed by atoms with Crippen LogP contribution in [-0.4, -0.2) is 57.1 Å². The number of carbonyl (C=O) groups is 1. The molecule has 0 bridgehead atoms. The Labute approximate surface area is 148 Å². The molecule has 1 aliphatic rings. The first kappa shape index (κ1) is 16.2. The molecule has 11 nitrogen and oxygen atoms in total. The number of rotatable bonds is 4. The highest BCUT2D eigenvalue weighted by molar-refractivity contribution is 5.76. The summed E-state index contributed by atoms with van der Waals surface area (Å²) < 4.78 is 3.78. The predicted molar refractivity (Wildman–Crippen MR) is 89.9 cm³/mol. The minimum atomic E-state index is -0.366. The van der Waals surface area contributed by atoms with Gasteiger partial charge < -0.3 is 9.47 Å². The van der Waals surface area contributed by atoms with Gasteiger partial charge in [0.25, 0.3) is 0 Å². The van der Waals surface area contributed by atoms with Crippen molar-refractivity contribution in [1.82, 2.24) is 44.6 Å². The van der Waals surface area contributed by atoms with E-state index in [9.17, 15) is 9.59 Å². The summed E-state index contributed by atoms with van der Waals surface area (Å²) in [7, 11) is 1.85. The SMILES string of the molecule is C[C@H]1CN(C(=O)CCc2n[nH]c(=O)[nH]2)Cc2nnc(-c3cnn(C)c3)n21. The molecule has 4 heterocycles. The normalized spacial score (nSPS) is 16.7. The summed E-state index contributed by atoms with van der Waals surface area (Å²) in [4.78, 5) is 27.9. The van der Waals surface area contributed by atoms with Crippen LogP contribution < -0.4 is 5.69 Å². The summed E-state index contributed by atoms with van der Waals surface area (Å²) in [6, 6.07) is 0.0538. The van der Waals surface area contributed by atoms with E-state index in [1.807, 2.05) is 20.2 Å². The van der Waals surface area contributed by atoms with Crippen LogP contribution in [0.25, 0.3) is 11.4 Å². The number of nitrogens with one attached hydrogen (secondary N) is 2. The molecule has 1 aliphatic heterocycles. The van der Waals surface area contributed by atoms with Gasteiger partial charge in [-0.1, -0.05) is 0 Å². The van der Waals surface area contributed by atoms with E-state index in [0.717, 1.165) is 17.2 Å². The first-order chi connectivity index (χ1) is 12.5. The molecule has 1 amide bonds. The number of hydrogen-bond acceptors (Lipinski definition) is 6. The van der Waals surface area contributed by atoms with Gasteiger partial charge in [0.05, 0.1) is 24.3 Å². The van der Waals surface area contributed by atoms with Crippen LogP contribution in [0.3, 0.4) is 0 Å². The van der Waals surface area contributed by atoms with E-state index in [1.54, 1.807) is 15.8 Å². The third-order valence-electron chi connectivity index (χ3n) is 4.47. The molecule has 0 spiro atoms. The number of carbonyl (C=O) groups excluding carboxylic acids is 1. The molecule has 0 unspecified atom stereocenters. The van der Waals surface area contributed by atoms with Crippen molar-refractivity contribution < 1.29 is 4.79 Å². The quantitative estimate of drug-likeness (QED) is 0.655. The van der Waals surface area contributed by atoms with Crippen molar-refractivity contribution >= 4 is 5.91 Å². The molecule has 0 fully saturated rings. The zero-order valence-corrected chi connectivity index (χ0v) is 14.5. The number of aryl methyl sites for hydroxylation is 2. The molecule has 11 heteroatoms. The molecule has 1 atom stereocenters. The van der Waals surface area contributed by atoms with Gasteiger partial charge >= 0.3 is 5.69 Å². The third-order valence-corrected chi connectivity index (χ3v) is 4.47. The Hall–Kier alpha value is -3.24. The molecule has 2 N–H and O–H groups in total. The fourth-order valence-corrected chi connectivity index (χ4v) is 3.26. The zero-order valence-electron chi connectivity index (χ0n) is 14.5. The molecule has 3 aromatic heterocycles. The number of hydrogen-bond donors (Lipinski definition) is 2. The minimum Gasteiger partial charge on any atom is -0.333 e. The maximum atomic E-state index is 12.5. The van der Waals surface area contributed by atoms with E-state index in [0.29, 0.717) is 25.3 Å². The van der Waals surface area contributed by atoms with Crippen molar-refractivity contribution in [2.75, 3.05) is 6.54 Å². The third kappa shape index (κ3) is 2.91. The standard InChI is InChI=1S/C15H19N9O2/c1-9-6-23(13(25)4-3-11-17-15(26)21-18-11)8-12-19-20-14(24(9)12)10-5-16-22(2)7-10/h5,7,9H,3-4,6,8H2,1-2H3,(H2,17,18,21,26)/t9-/m0/s1. The fourth-order valence-electron chi connectivity index (χ4n) is 3.26. The average molecular weight is 357 g/mol. The lowest BCUT2D eigenvalue weighted by Gasteiger charge is -2.32. The molecule has 136 valence electrons. The smallest absolute Gasteiger partial charge is 0.333 e. The molecule has 0 radical (unpaired) electrons. The van der Waals surface area contributed by atoms with Crippen LogP contribution in [0.2, 0.25) is 0 Å². The Morgan fingerprint density at radius 1 is 1.38 bits per heavy atom. The van der Waals surface area contributed by atoms with Gasteiger partial charge in [-0.25, -0.2) is 9.89 Å². The van der Waals surface area contributed by atoms with Crippen molar-refractivity contribution in [2.24, 2.45) is 7.05 Å². The molecular formula is C15H19N9O2. The largest absolute Gasteiger partial charge is 0.340 e. The van der Waals surface area contributed by atoms with Crippen LogP contribution in [-0.2, 0) is 24.8 Å². The molecule has 0 aromatic carbocycles. The van der Waals surface area contributed by atoms with E-state index in [-0.39, 0.29) is 24.1 Å². The Morgan fingerprint density at radius 2 is 2.23 bits per heavy atom. The van der Waals surface area contributed by atoms with Gasteiger partial charge in [-0.05, 0) is 6.92 Å². The fraction of sp³-hybridized carbons (Fsp3) is 0.467. The lowest BCUT2D eigenvalue weighted by atomic mass is 10.1. The Kier molecular flexibility index (Phi) is 3.90. The summed E-state index contributed by atoms with van der Waals surface area (Å²) in [6.07, 6.45) is 4.31. The number of fused-ring (bicyclic) bond motifs is 1. The van der Waals surface area contributed by atoms with Crippen LogP contribution in [0.5, 0.6) is 0 Å². The number of aromatic amines is 2. The van der Waals surface area contributed by atoms with Crippen LogP contribution in [0.15, 0.2) is 17.2 Å². The summed E-state index contributed by atoms with van der Waals surface area (Å²) >= 11 is 0. The van der Waals surface area contributed by atoms with Crippen molar-refractivity contribution in [1.29, 1.82) is 0 Å². The van der Waals surface area contributed by atoms with Gasteiger partial charge in [-0.3, -0.25) is 14.5 Å². The van der Waals surface area contributed by atoms with Crippen molar-refractivity contribution in [3.05, 3.63) is 34.5 Å². The summed E-state index contributed by atoms with van der Waals surface area (Å²) in [5, 5.41) is 18.9. The van der Waals surface area contributed by atoms with Gasteiger partial charge in [0.2, 0.25) is 5.91 Å². The highest BCUT2D eigenvalue weighted by Crippen LogP contribution is 2.27. The van der Waals surface area contributed by atoms with Gasteiger partial charge in [0, 0.05) is 32.6 Å². The Balaban J connectivity index is 1.48. The minimum absolute atomic E-state index is 0.00197.